The standard InChI is InChI=1S/C22H31O3PS/c1-8-27-26(23,24-19-15-11-9-13-17(19)21(2,3)4)25-20-16-12-10-14-18(20)22(5,6)7/h9-16H,8H2,1-7H3. The molecule has 2 aromatic rings. The van der Waals surface area contributed by atoms with E-state index in [1.165, 1.54) is 11.4 Å². The van der Waals surface area contributed by atoms with Crippen molar-refractivity contribution in [1.29, 1.82) is 0 Å². The molecule has 27 heavy (non-hydrogen) atoms. The topological polar surface area (TPSA) is 35.5 Å². The second kappa shape index (κ2) is 8.32. The second-order valence-electron chi connectivity index (χ2n) is 8.54. The lowest BCUT2D eigenvalue weighted by atomic mass is 9.86. The molecule has 0 amide bonds. The summed E-state index contributed by atoms with van der Waals surface area (Å²) in [5, 5.41) is 0. The van der Waals surface area contributed by atoms with Crippen molar-refractivity contribution in [3.8, 4) is 11.5 Å². The molecule has 0 unspecified atom stereocenters. The minimum Gasteiger partial charge on any atom is -0.408 e. The van der Waals surface area contributed by atoms with E-state index < -0.39 is 6.80 Å². The Morgan fingerprint density at radius 1 is 0.778 bits per heavy atom. The third-order valence-electron chi connectivity index (χ3n) is 4.10. The van der Waals surface area contributed by atoms with Gasteiger partial charge in [0, 0.05) is 16.9 Å². The summed E-state index contributed by atoms with van der Waals surface area (Å²) in [7, 11) is 0. The molecule has 0 radical (unpaired) electrons. The van der Waals surface area contributed by atoms with Crippen LogP contribution in [-0.2, 0) is 15.4 Å². The molecule has 3 nitrogen and oxygen atoms in total. The average Bonchev–Trinajstić information content (AvgIpc) is 2.53. The number of rotatable bonds is 6. The Morgan fingerprint density at radius 3 is 1.48 bits per heavy atom. The molecule has 0 atom stereocenters. The maximum atomic E-state index is 13.6. The summed E-state index contributed by atoms with van der Waals surface area (Å²) in [6.07, 6.45) is 0. The van der Waals surface area contributed by atoms with E-state index in [2.05, 4.69) is 41.5 Å². The molecule has 148 valence electrons. The normalized spacial score (nSPS) is 12.7. The van der Waals surface area contributed by atoms with Crippen molar-refractivity contribution >= 4 is 18.2 Å². The molecule has 2 rings (SSSR count). The van der Waals surface area contributed by atoms with Gasteiger partial charge < -0.3 is 9.05 Å². The molecule has 2 aromatic carbocycles. The highest BCUT2D eigenvalue weighted by Gasteiger charge is 2.33. The quantitative estimate of drug-likeness (QED) is 0.463. The molecular formula is C22H31O3PS. The van der Waals surface area contributed by atoms with E-state index >= 15 is 0 Å². The van der Waals surface area contributed by atoms with Gasteiger partial charge in [0.05, 0.1) is 0 Å². The maximum Gasteiger partial charge on any atom is 0.492 e. The fraction of sp³-hybridized carbons (Fsp3) is 0.455. The van der Waals surface area contributed by atoms with E-state index in [1.807, 2.05) is 55.5 Å². The molecule has 0 fully saturated rings. The van der Waals surface area contributed by atoms with E-state index in [4.69, 9.17) is 9.05 Å². The van der Waals surface area contributed by atoms with Crippen molar-refractivity contribution in [2.75, 3.05) is 5.75 Å². The zero-order valence-electron chi connectivity index (χ0n) is 17.4. The molecule has 5 heteroatoms. The lowest BCUT2D eigenvalue weighted by Crippen LogP contribution is -2.14. The van der Waals surface area contributed by atoms with Crippen molar-refractivity contribution < 1.29 is 13.6 Å². The lowest BCUT2D eigenvalue weighted by molar-refractivity contribution is 0.396. The summed E-state index contributed by atoms with van der Waals surface area (Å²) >= 11 is 1.22. The van der Waals surface area contributed by atoms with Crippen molar-refractivity contribution in [2.45, 2.75) is 59.3 Å². The monoisotopic (exact) mass is 406 g/mol. The van der Waals surface area contributed by atoms with Gasteiger partial charge >= 0.3 is 6.80 Å². The molecule has 0 saturated heterocycles. The van der Waals surface area contributed by atoms with Crippen LogP contribution in [0.5, 0.6) is 11.5 Å². The Hall–Kier alpha value is -1.38. The number of hydrogen-bond acceptors (Lipinski definition) is 4. The number of hydrogen-bond donors (Lipinski definition) is 0. The number of benzene rings is 2. The van der Waals surface area contributed by atoms with Crippen LogP contribution in [0.2, 0.25) is 0 Å². The Bertz CT molecular complexity index is 755. The van der Waals surface area contributed by atoms with Crippen molar-refractivity contribution in [3.05, 3.63) is 59.7 Å². The van der Waals surface area contributed by atoms with Crippen LogP contribution in [0.4, 0.5) is 0 Å². The van der Waals surface area contributed by atoms with E-state index in [1.54, 1.807) is 0 Å². The fourth-order valence-corrected chi connectivity index (χ4v) is 5.81. The summed E-state index contributed by atoms with van der Waals surface area (Å²) in [5.41, 5.74) is 1.77. The van der Waals surface area contributed by atoms with Gasteiger partial charge in [0.15, 0.2) is 0 Å². The molecule has 0 aliphatic carbocycles. The van der Waals surface area contributed by atoms with Gasteiger partial charge in [-0.15, -0.1) is 0 Å². The van der Waals surface area contributed by atoms with E-state index in [0.717, 1.165) is 11.1 Å². The molecule has 0 N–H and O–H groups in total. The Kier molecular flexibility index (Phi) is 6.76. The first-order valence-corrected chi connectivity index (χ1v) is 12.4. The molecule has 0 saturated carbocycles. The van der Waals surface area contributed by atoms with E-state index in [9.17, 15) is 4.57 Å². The lowest BCUT2D eigenvalue weighted by Gasteiger charge is -2.27. The summed E-state index contributed by atoms with van der Waals surface area (Å²) in [5.74, 6) is 1.86. The minimum atomic E-state index is -3.44. The van der Waals surface area contributed by atoms with Crippen LogP contribution in [0, 0.1) is 0 Å². The van der Waals surface area contributed by atoms with E-state index in [0.29, 0.717) is 17.3 Å². The van der Waals surface area contributed by atoms with Crippen molar-refractivity contribution in [1.82, 2.24) is 0 Å². The maximum absolute atomic E-state index is 13.6. The van der Waals surface area contributed by atoms with E-state index in [-0.39, 0.29) is 10.8 Å². The van der Waals surface area contributed by atoms with Gasteiger partial charge in [-0.05, 0) is 34.3 Å². The van der Waals surface area contributed by atoms with Crippen LogP contribution < -0.4 is 9.05 Å². The third kappa shape index (κ3) is 5.80. The third-order valence-corrected chi connectivity index (χ3v) is 7.68. The summed E-state index contributed by atoms with van der Waals surface area (Å²) in [4.78, 5) is 0. The van der Waals surface area contributed by atoms with Crippen LogP contribution in [0.1, 0.15) is 59.6 Å². The Morgan fingerprint density at radius 2 is 1.15 bits per heavy atom. The predicted molar refractivity (Wildman–Crippen MR) is 117 cm³/mol. The predicted octanol–water partition coefficient (Wildman–Crippen LogP) is 7.60. The first-order valence-electron chi connectivity index (χ1n) is 9.29. The first kappa shape index (κ1) is 21.9. The van der Waals surface area contributed by atoms with Gasteiger partial charge in [-0.25, -0.2) is 4.57 Å². The Balaban J connectivity index is 2.43. The average molecular weight is 407 g/mol. The van der Waals surface area contributed by atoms with Crippen molar-refractivity contribution in [2.24, 2.45) is 0 Å². The van der Waals surface area contributed by atoms with Crippen LogP contribution in [0.15, 0.2) is 48.5 Å². The van der Waals surface area contributed by atoms with Crippen molar-refractivity contribution in [3.63, 3.8) is 0 Å². The van der Waals surface area contributed by atoms with Crippen LogP contribution in [0.25, 0.3) is 0 Å². The second-order valence-corrected chi connectivity index (χ2v) is 12.8. The fourth-order valence-electron chi connectivity index (χ4n) is 2.80. The molecule has 0 aliphatic rings. The molecule has 0 bridgehead atoms. The van der Waals surface area contributed by atoms with Gasteiger partial charge in [-0.2, -0.15) is 0 Å². The van der Waals surface area contributed by atoms with Gasteiger partial charge in [0.2, 0.25) is 0 Å². The molecule has 0 aromatic heterocycles. The largest absolute Gasteiger partial charge is 0.492 e. The number of para-hydroxylation sites is 2. The SMILES string of the molecule is CCSP(=O)(Oc1ccccc1C(C)(C)C)Oc1ccccc1C(C)(C)C. The highest BCUT2D eigenvalue weighted by molar-refractivity contribution is 8.55. The first-order chi connectivity index (χ1) is 12.5. The van der Waals surface area contributed by atoms with Gasteiger partial charge in [0.25, 0.3) is 0 Å². The zero-order valence-corrected chi connectivity index (χ0v) is 19.1. The highest BCUT2D eigenvalue weighted by atomic mass is 32.7. The zero-order chi connectivity index (χ0) is 20.3. The molecule has 0 heterocycles. The smallest absolute Gasteiger partial charge is 0.408 e. The van der Waals surface area contributed by atoms with Gasteiger partial charge in [-0.1, -0.05) is 84.9 Å². The van der Waals surface area contributed by atoms with Crippen LogP contribution in [-0.4, -0.2) is 5.75 Å². The summed E-state index contributed by atoms with van der Waals surface area (Å²) in [6.45, 7) is 11.2. The van der Waals surface area contributed by atoms with Crippen LogP contribution >= 0.6 is 18.2 Å². The van der Waals surface area contributed by atoms with Gasteiger partial charge in [0.1, 0.15) is 11.5 Å². The van der Waals surface area contributed by atoms with Gasteiger partial charge in [-0.3, -0.25) is 0 Å². The Labute approximate surface area is 168 Å². The summed E-state index contributed by atoms with van der Waals surface area (Å²) < 4.78 is 25.8. The molecule has 0 aliphatic heterocycles. The highest BCUT2D eigenvalue weighted by Crippen LogP contribution is 2.61. The molecule has 0 spiro atoms. The minimum absolute atomic E-state index is 0.123. The summed E-state index contributed by atoms with van der Waals surface area (Å²) in [6, 6.07) is 15.5. The molecular weight excluding hydrogens is 375 g/mol. The van der Waals surface area contributed by atoms with Crippen LogP contribution in [0.3, 0.4) is 0 Å².